The Balaban J connectivity index is 2.97. The topological polar surface area (TPSA) is 62.1 Å². The summed E-state index contributed by atoms with van der Waals surface area (Å²) in [6.45, 7) is 0. The molecule has 1 atom stereocenters. The molecule has 5 heteroatoms. The van der Waals surface area contributed by atoms with Gasteiger partial charge in [0.15, 0.2) is 0 Å². The van der Waals surface area contributed by atoms with E-state index >= 15 is 0 Å². The third-order valence-electron chi connectivity index (χ3n) is 2.24. The Labute approximate surface area is 88.4 Å². The molecule has 0 aliphatic rings. The Bertz CT molecular complexity index is 603. The van der Waals surface area contributed by atoms with Gasteiger partial charge in [-0.2, -0.15) is 0 Å². The van der Waals surface area contributed by atoms with Crippen molar-refractivity contribution >= 4 is 22.0 Å². The zero-order valence-corrected chi connectivity index (χ0v) is 8.78. The normalized spacial score (nSPS) is 12.9. The minimum absolute atomic E-state index is 0.198. The third-order valence-corrected chi connectivity index (χ3v) is 2.89. The Morgan fingerprint density at radius 1 is 1.33 bits per heavy atom. The Kier molecular flexibility index (Phi) is 2.42. The monoisotopic (exact) mass is 222 g/mol. The van der Waals surface area contributed by atoms with Gasteiger partial charge in [-0.25, -0.2) is 0 Å². The van der Waals surface area contributed by atoms with Gasteiger partial charge in [-0.1, -0.05) is 12.1 Å². The predicted octanol–water partition coefficient (Wildman–Crippen LogP) is 0.777. The number of nitrogens with zero attached hydrogens (tertiary/aromatic N) is 1. The summed E-state index contributed by atoms with van der Waals surface area (Å²) in [6, 6.07) is 6.90. The number of fused-ring (bicyclic) bond motifs is 1. The third kappa shape index (κ3) is 1.60. The van der Waals surface area contributed by atoms with Crippen molar-refractivity contribution in [3.05, 3.63) is 40.7 Å². The van der Waals surface area contributed by atoms with Crippen molar-refractivity contribution in [3.8, 4) is 0 Å². The van der Waals surface area contributed by atoms with Crippen molar-refractivity contribution in [3.63, 3.8) is 0 Å². The summed E-state index contributed by atoms with van der Waals surface area (Å²) in [5, 5.41) is 0.418. The predicted molar refractivity (Wildman–Crippen MR) is 56.4 cm³/mol. The van der Waals surface area contributed by atoms with Gasteiger partial charge in [-0.05, 0) is 23.2 Å². The lowest BCUT2D eigenvalue weighted by atomic mass is 10.2. The molecule has 0 spiro atoms. The standard InChI is InChI=1S/C10H9NO3S/c1-11-6-9(15(13)14)10(12)7-4-2-3-5-8(7)11/h2-6H,1H3,(H,13,14)/p-1. The molecule has 0 saturated heterocycles. The maximum Gasteiger partial charge on any atom is 0.204 e. The van der Waals surface area contributed by atoms with Crippen molar-refractivity contribution < 1.29 is 8.76 Å². The van der Waals surface area contributed by atoms with E-state index in [4.69, 9.17) is 0 Å². The van der Waals surface area contributed by atoms with Crippen molar-refractivity contribution in [2.24, 2.45) is 7.05 Å². The van der Waals surface area contributed by atoms with Crippen LogP contribution in [0.4, 0.5) is 0 Å². The first kappa shape index (κ1) is 10.1. The summed E-state index contributed by atoms with van der Waals surface area (Å²) in [7, 11) is 1.71. The first-order chi connectivity index (χ1) is 7.11. The van der Waals surface area contributed by atoms with Gasteiger partial charge < -0.3 is 9.12 Å². The first-order valence-electron chi connectivity index (χ1n) is 4.29. The molecule has 0 aliphatic carbocycles. The summed E-state index contributed by atoms with van der Waals surface area (Å²) < 4.78 is 23.2. The summed E-state index contributed by atoms with van der Waals surface area (Å²) in [5.41, 5.74) is 0.272. The highest BCUT2D eigenvalue weighted by molar-refractivity contribution is 7.79. The molecule has 0 radical (unpaired) electrons. The molecule has 0 bridgehead atoms. The van der Waals surface area contributed by atoms with Gasteiger partial charge in [-0.15, -0.1) is 0 Å². The van der Waals surface area contributed by atoms with E-state index in [1.165, 1.54) is 6.20 Å². The molecule has 1 unspecified atom stereocenters. The quantitative estimate of drug-likeness (QED) is 0.670. The van der Waals surface area contributed by atoms with Crippen LogP contribution >= 0.6 is 0 Å². The first-order valence-corrected chi connectivity index (χ1v) is 5.36. The average molecular weight is 222 g/mol. The second-order valence-electron chi connectivity index (χ2n) is 3.19. The van der Waals surface area contributed by atoms with Crippen LogP contribution in [0, 0.1) is 0 Å². The Morgan fingerprint density at radius 3 is 2.67 bits per heavy atom. The lowest BCUT2D eigenvalue weighted by Gasteiger charge is -2.10. The van der Waals surface area contributed by atoms with Crippen molar-refractivity contribution in [1.29, 1.82) is 0 Å². The number of para-hydroxylation sites is 1. The van der Waals surface area contributed by atoms with Crippen LogP contribution in [-0.2, 0) is 18.1 Å². The van der Waals surface area contributed by atoms with Crippen molar-refractivity contribution in [2.75, 3.05) is 0 Å². The van der Waals surface area contributed by atoms with Crippen LogP contribution in [0.3, 0.4) is 0 Å². The maximum absolute atomic E-state index is 11.7. The van der Waals surface area contributed by atoms with Crippen LogP contribution in [0.15, 0.2) is 40.2 Å². The maximum atomic E-state index is 11.7. The van der Waals surface area contributed by atoms with E-state index in [1.54, 1.807) is 35.9 Å². The molecule has 1 heterocycles. The number of aryl methyl sites for hydroxylation is 1. The minimum atomic E-state index is -2.49. The Hall–Kier alpha value is -1.46. The molecular formula is C10H8NO3S-. The molecule has 1 aromatic heterocycles. The summed E-state index contributed by atoms with van der Waals surface area (Å²) in [4.78, 5) is 11.5. The fourth-order valence-electron chi connectivity index (χ4n) is 1.53. The van der Waals surface area contributed by atoms with E-state index in [2.05, 4.69) is 0 Å². The van der Waals surface area contributed by atoms with Crippen LogP contribution in [0.5, 0.6) is 0 Å². The largest absolute Gasteiger partial charge is 0.768 e. The van der Waals surface area contributed by atoms with E-state index in [-0.39, 0.29) is 4.90 Å². The van der Waals surface area contributed by atoms with E-state index in [0.717, 1.165) is 5.52 Å². The zero-order chi connectivity index (χ0) is 11.0. The molecule has 78 valence electrons. The summed E-state index contributed by atoms with van der Waals surface area (Å²) in [5.74, 6) is 0. The average Bonchev–Trinajstić information content (AvgIpc) is 2.23. The van der Waals surface area contributed by atoms with Gasteiger partial charge >= 0.3 is 0 Å². The van der Waals surface area contributed by atoms with Crippen molar-refractivity contribution in [1.82, 2.24) is 4.57 Å². The van der Waals surface area contributed by atoms with Crippen LogP contribution in [-0.4, -0.2) is 13.3 Å². The molecule has 0 saturated carbocycles. The number of aromatic nitrogens is 1. The number of hydrogen-bond acceptors (Lipinski definition) is 3. The highest BCUT2D eigenvalue weighted by Gasteiger charge is 2.06. The van der Waals surface area contributed by atoms with Gasteiger partial charge in [0.25, 0.3) is 0 Å². The highest BCUT2D eigenvalue weighted by Crippen LogP contribution is 2.11. The SMILES string of the molecule is Cn1cc(S(=O)[O-])c(=O)c2ccccc21. The molecule has 4 nitrogen and oxygen atoms in total. The van der Waals surface area contributed by atoms with Gasteiger partial charge in [0.2, 0.25) is 5.43 Å². The van der Waals surface area contributed by atoms with Crippen LogP contribution < -0.4 is 5.43 Å². The molecule has 0 aliphatic heterocycles. The second kappa shape index (κ2) is 3.60. The van der Waals surface area contributed by atoms with E-state index in [0.29, 0.717) is 5.39 Å². The lowest BCUT2D eigenvalue weighted by Crippen LogP contribution is -2.14. The summed E-state index contributed by atoms with van der Waals surface area (Å²) >= 11 is -2.49. The van der Waals surface area contributed by atoms with Crippen LogP contribution in [0.2, 0.25) is 0 Å². The molecule has 0 fully saturated rings. The molecule has 0 amide bonds. The van der Waals surface area contributed by atoms with Gasteiger partial charge in [0, 0.05) is 18.6 Å². The lowest BCUT2D eigenvalue weighted by molar-refractivity contribution is 0.535. The zero-order valence-electron chi connectivity index (χ0n) is 7.97. The molecule has 2 aromatic rings. The Morgan fingerprint density at radius 2 is 2.00 bits per heavy atom. The molecule has 2 rings (SSSR count). The van der Waals surface area contributed by atoms with Crippen LogP contribution in [0.25, 0.3) is 10.9 Å². The summed E-state index contributed by atoms with van der Waals surface area (Å²) in [6.07, 6.45) is 1.33. The fraction of sp³-hybridized carbons (Fsp3) is 0.100. The molecule has 15 heavy (non-hydrogen) atoms. The number of benzene rings is 1. The van der Waals surface area contributed by atoms with E-state index in [1.807, 2.05) is 0 Å². The van der Waals surface area contributed by atoms with Crippen molar-refractivity contribution in [2.45, 2.75) is 4.90 Å². The number of pyridine rings is 1. The number of hydrogen-bond donors (Lipinski definition) is 0. The fourth-order valence-corrected chi connectivity index (χ4v) is 2.03. The molecular weight excluding hydrogens is 214 g/mol. The van der Waals surface area contributed by atoms with E-state index in [9.17, 15) is 13.6 Å². The molecule has 0 N–H and O–H groups in total. The smallest absolute Gasteiger partial charge is 0.204 e. The van der Waals surface area contributed by atoms with Gasteiger partial charge in [-0.3, -0.25) is 9.00 Å². The minimum Gasteiger partial charge on any atom is -0.768 e. The molecule has 1 aromatic carbocycles. The number of rotatable bonds is 1. The van der Waals surface area contributed by atoms with Crippen LogP contribution in [0.1, 0.15) is 0 Å². The van der Waals surface area contributed by atoms with E-state index < -0.39 is 16.5 Å². The van der Waals surface area contributed by atoms with Gasteiger partial charge in [0.05, 0.1) is 10.4 Å². The second-order valence-corrected chi connectivity index (χ2v) is 4.09. The highest BCUT2D eigenvalue weighted by atomic mass is 32.2. The van der Waals surface area contributed by atoms with Gasteiger partial charge in [0.1, 0.15) is 0 Å².